The molecule has 0 aliphatic rings. The van der Waals surface area contributed by atoms with Gasteiger partial charge in [-0.1, -0.05) is 6.92 Å². The van der Waals surface area contributed by atoms with E-state index in [9.17, 15) is 10.2 Å². The third-order valence-corrected chi connectivity index (χ3v) is 3.75. The van der Waals surface area contributed by atoms with E-state index in [0.717, 1.165) is 16.5 Å². The van der Waals surface area contributed by atoms with Gasteiger partial charge in [0.15, 0.2) is 11.5 Å². The van der Waals surface area contributed by atoms with Crippen LogP contribution in [-0.2, 0) is 6.54 Å². The van der Waals surface area contributed by atoms with Gasteiger partial charge in [0, 0.05) is 6.54 Å². The van der Waals surface area contributed by atoms with Gasteiger partial charge in [0.25, 0.3) is 0 Å². The van der Waals surface area contributed by atoms with E-state index in [1.165, 1.54) is 0 Å². The summed E-state index contributed by atoms with van der Waals surface area (Å²) in [5.41, 5.74) is 0.257. The molecule has 0 saturated heterocycles. The first-order valence-corrected chi connectivity index (χ1v) is 7.75. The van der Waals surface area contributed by atoms with Crippen LogP contribution in [0.3, 0.4) is 0 Å². The Morgan fingerprint density at radius 2 is 1.95 bits per heavy atom. The Kier molecular flexibility index (Phi) is 7.45. The van der Waals surface area contributed by atoms with Crippen molar-refractivity contribution in [1.82, 2.24) is 5.32 Å². The van der Waals surface area contributed by atoms with Crippen LogP contribution in [0.15, 0.2) is 16.6 Å². The molecular weight excluding hydrogens is 338 g/mol. The van der Waals surface area contributed by atoms with E-state index in [1.54, 1.807) is 14.0 Å². The third kappa shape index (κ3) is 5.14. The van der Waals surface area contributed by atoms with Gasteiger partial charge in [-0.2, -0.15) is 0 Å². The molecule has 5 nitrogen and oxygen atoms in total. The molecule has 0 radical (unpaired) electrons. The van der Waals surface area contributed by atoms with Gasteiger partial charge in [-0.25, -0.2) is 0 Å². The highest BCUT2D eigenvalue weighted by atomic mass is 79.9. The highest BCUT2D eigenvalue weighted by Crippen LogP contribution is 2.36. The highest BCUT2D eigenvalue weighted by Gasteiger charge is 2.21. The van der Waals surface area contributed by atoms with Crippen LogP contribution in [0.2, 0.25) is 0 Å². The second-order valence-electron chi connectivity index (χ2n) is 5.19. The van der Waals surface area contributed by atoms with E-state index >= 15 is 0 Å². The molecule has 0 aromatic heterocycles. The summed E-state index contributed by atoms with van der Waals surface area (Å²) < 4.78 is 11.9. The summed E-state index contributed by atoms with van der Waals surface area (Å²) in [4.78, 5) is 0. The van der Waals surface area contributed by atoms with Crippen LogP contribution in [0, 0.1) is 0 Å². The van der Waals surface area contributed by atoms with Crippen LogP contribution in [0.4, 0.5) is 0 Å². The average molecular weight is 362 g/mol. The summed E-state index contributed by atoms with van der Waals surface area (Å²) in [6, 6.07) is 3.83. The molecular formula is C15H24BrNO4. The van der Waals surface area contributed by atoms with Crippen molar-refractivity contribution < 1.29 is 19.7 Å². The summed E-state index contributed by atoms with van der Waals surface area (Å²) in [6.45, 7) is 4.65. The fourth-order valence-corrected chi connectivity index (χ4v) is 2.30. The number of methoxy groups -OCH3 is 1. The molecule has 0 heterocycles. The van der Waals surface area contributed by atoms with Crippen LogP contribution in [0.5, 0.6) is 11.5 Å². The molecule has 6 heteroatoms. The molecule has 1 aromatic carbocycles. The van der Waals surface area contributed by atoms with Crippen molar-refractivity contribution in [3.63, 3.8) is 0 Å². The van der Waals surface area contributed by atoms with E-state index < -0.39 is 5.54 Å². The topological polar surface area (TPSA) is 71.0 Å². The number of hydrogen-bond acceptors (Lipinski definition) is 5. The monoisotopic (exact) mass is 361 g/mol. The van der Waals surface area contributed by atoms with E-state index in [0.29, 0.717) is 24.7 Å². The Hall–Kier alpha value is -0.820. The third-order valence-electron chi connectivity index (χ3n) is 3.16. The average Bonchev–Trinajstić information content (AvgIpc) is 2.51. The van der Waals surface area contributed by atoms with Crippen LogP contribution < -0.4 is 14.8 Å². The molecule has 0 aliphatic heterocycles. The Morgan fingerprint density at radius 1 is 1.29 bits per heavy atom. The van der Waals surface area contributed by atoms with Gasteiger partial charge in [-0.3, -0.25) is 0 Å². The first-order valence-electron chi connectivity index (χ1n) is 6.95. The van der Waals surface area contributed by atoms with Crippen LogP contribution in [0.25, 0.3) is 0 Å². The zero-order valence-electron chi connectivity index (χ0n) is 12.8. The van der Waals surface area contributed by atoms with Crippen LogP contribution in [0.1, 0.15) is 25.8 Å². The lowest BCUT2D eigenvalue weighted by atomic mass is 10.0. The molecule has 21 heavy (non-hydrogen) atoms. The summed E-state index contributed by atoms with van der Waals surface area (Å²) in [6.07, 6.45) is 0.921. The normalized spacial score (nSPS) is 11.5. The molecule has 0 atom stereocenters. The molecule has 0 saturated carbocycles. The van der Waals surface area contributed by atoms with Crippen molar-refractivity contribution in [2.24, 2.45) is 0 Å². The van der Waals surface area contributed by atoms with Crippen LogP contribution in [-0.4, -0.2) is 42.7 Å². The minimum Gasteiger partial charge on any atom is -0.493 e. The largest absolute Gasteiger partial charge is 0.493 e. The lowest BCUT2D eigenvalue weighted by Crippen LogP contribution is -2.48. The highest BCUT2D eigenvalue weighted by molar-refractivity contribution is 9.10. The number of benzene rings is 1. The van der Waals surface area contributed by atoms with Gasteiger partial charge in [-0.15, -0.1) is 0 Å². The molecule has 0 bridgehead atoms. The molecule has 0 aliphatic carbocycles. The zero-order chi connectivity index (χ0) is 15.9. The number of aliphatic hydroxyl groups is 2. The van der Waals surface area contributed by atoms with Crippen molar-refractivity contribution >= 4 is 15.9 Å². The SMILES string of the molecule is CCCOc1c(Br)cc(CNC(C)(CO)CO)cc1OC. The molecule has 1 rings (SSSR count). The smallest absolute Gasteiger partial charge is 0.175 e. The fourth-order valence-electron chi connectivity index (χ4n) is 1.70. The predicted octanol–water partition coefficient (Wildman–Crippen LogP) is 2.08. The maximum Gasteiger partial charge on any atom is 0.175 e. The van der Waals surface area contributed by atoms with Crippen molar-refractivity contribution in [2.45, 2.75) is 32.4 Å². The number of rotatable bonds is 9. The summed E-state index contributed by atoms with van der Waals surface area (Å²) >= 11 is 3.49. The molecule has 0 fully saturated rings. The van der Waals surface area contributed by atoms with Gasteiger partial charge >= 0.3 is 0 Å². The first kappa shape index (κ1) is 18.2. The minimum atomic E-state index is -0.711. The van der Waals surface area contributed by atoms with E-state index in [-0.39, 0.29) is 13.2 Å². The predicted molar refractivity (Wildman–Crippen MR) is 85.9 cm³/mol. The van der Waals surface area contributed by atoms with Crippen molar-refractivity contribution in [3.8, 4) is 11.5 Å². The Bertz CT molecular complexity index is 450. The van der Waals surface area contributed by atoms with Crippen molar-refractivity contribution in [3.05, 3.63) is 22.2 Å². The summed E-state index contributed by atoms with van der Waals surface area (Å²) in [5.74, 6) is 1.35. The van der Waals surface area contributed by atoms with E-state index in [1.807, 2.05) is 19.1 Å². The van der Waals surface area contributed by atoms with E-state index in [4.69, 9.17) is 9.47 Å². The molecule has 0 unspecified atom stereocenters. The molecule has 3 N–H and O–H groups in total. The van der Waals surface area contributed by atoms with Gasteiger partial charge in [0.2, 0.25) is 0 Å². The second kappa shape index (κ2) is 8.58. The zero-order valence-corrected chi connectivity index (χ0v) is 14.4. The van der Waals surface area contributed by atoms with Gasteiger partial charge in [0.1, 0.15) is 0 Å². The fraction of sp³-hybridized carbons (Fsp3) is 0.600. The Balaban J connectivity index is 2.88. The minimum absolute atomic E-state index is 0.139. The first-order chi connectivity index (χ1) is 9.99. The number of nitrogens with one attached hydrogen (secondary N) is 1. The Labute approximate surface area is 134 Å². The molecule has 1 aromatic rings. The van der Waals surface area contributed by atoms with Gasteiger partial charge in [-0.05, 0) is 47.0 Å². The molecule has 120 valence electrons. The van der Waals surface area contributed by atoms with Gasteiger partial charge in [0.05, 0.1) is 36.9 Å². The quantitative estimate of drug-likeness (QED) is 0.628. The lowest BCUT2D eigenvalue weighted by molar-refractivity contribution is 0.103. The lowest BCUT2D eigenvalue weighted by Gasteiger charge is -2.26. The van der Waals surface area contributed by atoms with E-state index in [2.05, 4.69) is 21.2 Å². The molecule has 0 amide bonds. The van der Waals surface area contributed by atoms with Crippen molar-refractivity contribution in [1.29, 1.82) is 0 Å². The maximum atomic E-state index is 9.28. The number of halogens is 1. The number of ether oxygens (including phenoxy) is 2. The number of hydrogen-bond donors (Lipinski definition) is 3. The Morgan fingerprint density at radius 3 is 2.48 bits per heavy atom. The summed E-state index contributed by atoms with van der Waals surface area (Å²) in [7, 11) is 1.60. The van der Waals surface area contributed by atoms with Crippen LogP contribution >= 0.6 is 15.9 Å². The van der Waals surface area contributed by atoms with Crippen molar-refractivity contribution in [2.75, 3.05) is 26.9 Å². The van der Waals surface area contributed by atoms with Gasteiger partial charge < -0.3 is 25.0 Å². The summed E-state index contributed by atoms with van der Waals surface area (Å²) in [5, 5.41) is 21.7. The molecule has 0 spiro atoms. The second-order valence-corrected chi connectivity index (χ2v) is 6.04. The number of aliphatic hydroxyl groups excluding tert-OH is 2. The standard InChI is InChI=1S/C15H24BrNO4/c1-4-5-21-14-12(16)6-11(7-13(14)20-3)8-17-15(2,9-18)10-19/h6-7,17-19H,4-5,8-10H2,1-3H3. The maximum absolute atomic E-state index is 9.28.